The quantitative estimate of drug-likeness (QED) is 0.920. The fraction of sp³-hybridized carbons (Fsp3) is 0.625. The third-order valence-electron chi connectivity index (χ3n) is 4.42. The molecule has 1 aliphatic rings. The zero-order chi connectivity index (χ0) is 14.9. The first-order valence-electron chi connectivity index (χ1n) is 7.73. The minimum atomic E-state index is -0.319. The van der Waals surface area contributed by atoms with Gasteiger partial charge in [0.15, 0.2) is 5.82 Å². The molecule has 2 unspecified atom stereocenters. The molecule has 2 atom stereocenters. The molecule has 114 valence electrons. The topological polar surface area (TPSA) is 47.0 Å². The van der Waals surface area contributed by atoms with Crippen LogP contribution >= 0.6 is 11.3 Å². The second kappa shape index (κ2) is 5.89. The third-order valence-corrected chi connectivity index (χ3v) is 5.23. The van der Waals surface area contributed by atoms with Gasteiger partial charge in [0.2, 0.25) is 0 Å². The van der Waals surface area contributed by atoms with Gasteiger partial charge in [0.05, 0.1) is 5.39 Å². The SMILES string of the molecule is CCNc1nc(C2(OC)CCCC(C)C2)nc2sccc12. The van der Waals surface area contributed by atoms with Crippen molar-refractivity contribution in [1.29, 1.82) is 0 Å². The number of nitrogens with one attached hydrogen (secondary N) is 1. The van der Waals surface area contributed by atoms with Crippen molar-refractivity contribution in [2.45, 2.75) is 45.1 Å². The first-order valence-corrected chi connectivity index (χ1v) is 8.61. The minimum absolute atomic E-state index is 0.319. The molecule has 21 heavy (non-hydrogen) atoms. The van der Waals surface area contributed by atoms with E-state index >= 15 is 0 Å². The van der Waals surface area contributed by atoms with Crippen molar-refractivity contribution in [3.63, 3.8) is 0 Å². The van der Waals surface area contributed by atoms with E-state index in [2.05, 4.69) is 30.6 Å². The Morgan fingerprint density at radius 2 is 2.33 bits per heavy atom. The Hall–Kier alpha value is -1.20. The molecule has 2 aromatic rings. The molecular weight excluding hydrogens is 282 g/mol. The van der Waals surface area contributed by atoms with Crippen LogP contribution in [0.5, 0.6) is 0 Å². The number of nitrogens with zero attached hydrogens (tertiary/aromatic N) is 2. The van der Waals surface area contributed by atoms with E-state index in [1.165, 1.54) is 12.8 Å². The molecule has 1 fully saturated rings. The van der Waals surface area contributed by atoms with Crippen molar-refractivity contribution in [1.82, 2.24) is 9.97 Å². The van der Waals surface area contributed by atoms with E-state index in [1.54, 1.807) is 18.4 Å². The Balaban J connectivity index is 2.09. The molecule has 0 spiro atoms. The molecule has 0 amide bonds. The number of hydrogen-bond acceptors (Lipinski definition) is 5. The lowest BCUT2D eigenvalue weighted by Gasteiger charge is -2.37. The lowest BCUT2D eigenvalue weighted by atomic mass is 9.78. The highest BCUT2D eigenvalue weighted by atomic mass is 32.1. The van der Waals surface area contributed by atoms with Crippen LogP contribution < -0.4 is 5.32 Å². The molecule has 0 aromatic carbocycles. The van der Waals surface area contributed by atoms with Crippen LogP contribution in [0.4, 0.5) is 5.82 Å². The predicted molar refractivity (Wildman–Crippen MR) is 87.9 cm³/mol. The molecule has 2 aromatic heterocycles. The largest absolute Gasteiger partial charge is 0.370 e. The zero-order valence-electron chi connectivity index (χ0n) is 13.0. The summed E-state index contributed by atoms with van der Waals surface area (Å²) in [6.07, 6.45) is 4.46. The highest BCUT2D eigenvalue weighted by molar-refractivity contribution is 7.16. The van der Waals surface area contributed by atoms with Gasteiger partial charge in [-0.05, 0) is 43.6 Å². The lowest BCUT2D eigenvalue weighted by Crippen LogP contribution is -2.36. The lowest BCUT2D eigenvalue weighted by molar-refractivity contribution is -0.0642. The van der Waals surface area contributed by atoms with Crippen LogP contribution in [0.1, 0.15) is 45.4 Å². The Morgan fingerprint density at radius 3 is 3.05 bits per heavy atom. The van der Waals surface area contributed by atoms with Crippen LogP contribution in [-0.2, 0) is 10.3 Å². The van der Waals surface area contributed by atoms with Gasteiger partial charge in [-0.15, -0.1) is 11.3 Å². The molecule has 1 aliphatic carbocycles. The molecule has 2 heterocycles. The fourth-order valence-electron chi connectivity index (χ4n) is 3.34. The maximum atomic E-state index is 5.95. The van der Waals surface area contributed by atoms with E-state index in [0.717, 1.165) is 41.2 Å². The maximum absolute atomic E-state index is 5.95. The Bertz CT molecular complexity index is 627. The first kappa shape index (κ1) is 14.7. The molecule has 5 heteroatoms. The zero-order valence-corrected chi connectivity index (χ0v) is 13.8. The third kappa shape index (κ3) is 2.64. The average molecular weight is 305 g/mol. The fourth-order valence-corrected chi connectivity index (χ4v) is 4.11. The predicted octanol–water partition coefficient (Wildman–Crippen LogP) is 4.17. The van der Waals surface area contributed by atoms with Gasteiger partial charge in [-0.2, -0.15) is 0 Å². The summed E-state index contributed by atoms with van der Waals surface area (Å²) in [6, 6.07) is 2.09. The number of aromatic nitrogens is 2. The molecule has 0 bridgehead atoms. The van der Waals surface area contributed by atoms with Crippen LogP contribution in [0.2, 0.25) is 0 Å². The molecule has 1 saturated carbocycles. The molecule has 0 aliphatic heterocycles. The number of anilines is 1. The normalized spacial score (nSPS) is 26.1. The van der Waals surface area contributed by atoms with Gasteiger partial charge < -0.3 is 10.1 Å². The van der Waals surface area contributed by atoms with Gasteiger partial charge in [-0.1, -0.05) is 13.3 Å². The Morgan fingerprint density at radius 1 is 1.48 bits per heavy atom. The molecule has 0 saturated heterocycles. The van der Waals surface area contributed by atoms with Crippen molar-refractivity contribution in [3.05, 3.63) is 17.3 Å². The number of methoxy groups -OCH3 is 1. The number of ether oxygens (including phenoxy) is 1. The smallest absolute Gasteiger partial charge is 0.164 e. The highest BCUT2D eigenvalue weighted by Gasteiger charge is 2.40. The molecule has 0 radical (unpaired) electrons. The molecule has 3 rings (SSSR count). The summed E-state index contributed by atoms with van der Waals surface area (Å²) >= 11 is 1.67. The van der Waals surface area contributed by atoms with Crippen molar-refractivity contribution in [3.8, 4) is 0 Å². The van der Waals surface area contributed by atoms with Crippen molar-refractivity contribution in [2.75, 3.05) is 19.0 Å². The first-order chi connectivity index (χ1) is 10.2. The summed E-state index contributed by atoms with van der Waals surface area (Å²) in [5, 5.41) is 6.56. The Kier molecular flexibility index (Phi) is 4.13. The maximum Gasteiger partial charge on any atom is 0.164 e. The van der Waals surface area contributed by atoms with Crippen LogP contribution in [0.15, 0.2) is 11.4 Å². The Labute approximate surface area is 129 Å². The van der Waals surface area contributed by atoms with Crippen LogP contribution in [0.3, 0.4) is 0 Å². The number of rotatable bonds is 4. The average Bonchev–Trinajstić information content (AvgIpc) is 2.96. The summed E-state index contributed by atoms with van der Waals surface area (Å²) in [4.78, 5) is 10.7. The summed E-state index contributed by atoms with van der Waals surface area (Å²) in [6.45, 7) is 5.24. The molecule has 4 nitrogen and oxygen atoms in total. The number of hydrogen-bond donors (Lipinski definition) is 1. The second-order valence-corrected chi connectivity index (χ2v) is 6.86. The molecular formula is C16H23N3OS. The molecule has 1 N–H and O–H groups in total. The van der Waals surface area contributed by atoms with Gasteiger partial charge in [0.25, 0.3) is 0 Å². The van der Waals surface area contributed by atoms with Gasteiger partial charge in [0, 0.05) is 13.7 Å². The monoisotopic (exact) mass is 305 g/mol. The number of thiophene rings is 1. The number of fused-ring (bicyclic) bond motifs is 1. The second-order valence-electron chi connectivity index (χ2n) is 5.97. The van der Waals surface area contributed by atoms with E-state index in [4.69, 9.17) is 14.7 Å². The van der Waals surface area contributed by atoms with E-state index in [1.807, 2.05) is 0 Å². The van der Waals surface area contributed by atoms with E-state index < -0.39 is 0 Å². The highest BCUT2D eigenvalue weighted by Crippen LogP contribution is 2.42. The van der Waals surface area contributed by atoms with Gasteiger partial charge in [-0.25, -0.2) is 9.97 Å². The van der Waals surface area contributed by atoms with Crippen molar-refractivity contribution >= 4 is 27.4 Å². The van der Waals surface area contributed by atoms with E-state index in [0.29, 0.717) is 5.92 Å². The standard InChI is InChI=1S/C16H23N3OS/c1-4-17-13-12-7-9-21-14(12)19-15(18-13)16(20-3)8-5-6-11(2)10-16/h7,9,11H,4-6,8,10H2,1-3H3,(H,17,18,19). The van der Waals surface area contributed by atoms with Gasteiger partial charge in [0.1, 0.15) is 16.2 Å². The van der Waals surface area contributed by atoms with Gasteiger partial charge in [-0.3, -0.25) is 0 Å². The summed E-state index contributed by atoms with van der Waals surface area (Å²) in [7, 11) is 1.80. The van der Waals surface area contributed by atoms with Crippen LogP contribution in [-0.4, -0.2) is 23.6 Å². The summed E-state index contributed by atoms with van der Waals surface area (Å²) in [5.74, 6) is 2.44. The van der Waals surface area contributed by atoms with E-state index in [-0.39, 0.29) is 5.60 Å². The minimum Gasteiger partial charge on any atom is -0.370 e. The summed E-state index contributed by atoms with van der Waals surface area (Å²) in [5.41, 5.74) is -0.319. The van der Waals surface area contributed by atoms with Crippen LogP contribution in [0, 0.1) is 5.92 Å². The van der Waals surface area contributed by atoms with Crippen LogP contribution in [0.25, 0.3) is 10.2 Å². The van der Waals surface area contributed by atoms with Gasteiger partial charge >= 0.3 is 0 Å². The summed E-state index contributed by atoms with van der Waals surface area (Å²) < 4.78 is 5.95. The van der Waals surface area contributed by atoms with Crippen molar-refractivity contribution in [2.24, 2.45) is 5.92 Å². The van der Waals surface area contributed by atoms with E-state index in [9.17, 15) is 0 Å². The van der Waals surface area contributed by atoms with Crippen molar-refractivity contribution < 1.29 is 4.74 Å².